The number of nitro groups is 1. The van der Waals surface area contributed by atoms with Gasteiger partial charge in [-0.2, -0.15) is 5.01 Å². The first kappa shape index (κ1) is 21.8. The van der Waals surface area contributed by atoms with E-state index in [1.54, 1.807) is 24.3 Å². The van der Waals surface area contributed by atoms with Gasteiger partial charge in [0.15, 0.2) is 5.78 Å². The molecule has 0 unspecified atom stereocenters. The first-order valence-electron chi connectivity index (χ1n) is 9.61. The third-order valence-corrected chi connectivity index (χ3v) is 5.38. The van der Waals surface area contributed by atoms with Gasteiger partial charge in [-0.15, -0.1) is 0 Å². The summed E-state index contributed by atoms with van der Waals surface area (Å²) >= 11 is 6.15. The van der Waals surface area contributed by atoms with Crippen molar-refractivity contribution >= 4 is 40.8 Å². The maximum atomic E-state index is 13.4. The summed E-state index contributed by atoms with van der Waals surface area (Å²) in [5.74, 6) is -2.98. The fourth-order valence-corrected chi connectivity index (χ4v) is 3.62. The average Bonchev–Trinajstić information content (AvgIpc) is 3.07. The minimum atomic E-state index is -0.828. The van der Waals surface area contributed by atoms with Crippen molar-refractivity contribution in [3.8, 4) is 0 Å². The molecule has 0 fully saturated rings. The number of non-ortho nitro benzene ring substituents is 1. The molecule has 1 heterocycles. The predicted molar refractivity (Wildman–Crippen MR) is 117 cm³/mol. The van der Waals surface area contributed by atoms with Gasteiger partial charge in [-0.1, -0.05) is 35.9 Å². The van der Waals surface area contributed by atoms with Gasteiger partial charge in [0, 0.05) is 17.7 Å². The van der Waals surface area contributed by atoms with Gasteiger partial charge < -0.3 is 0 Å². The van der Waals surface area contributed by atoms with E-state index in [4.69, 9.17) is 11.6 Å². The van der Waals surface area contributed by atoms with Gasteiger partial charge in [0.25, 0.3) is 23.4 Å². The average molecular weight is 464 g/mol. The Kier molecular flexibility index (Phi) is 5.72. The number of Topliss-reactive ketones (excluding diaryl/α,β-unsaturated/α-hetero) is 1. The molecule has 0 aromatic heterocycles. The summed E-state index contributed by atoms with van der Waals surface area (Å²) in [5.41, 5.74) is 0.0433. The third-order valence-electron chi connectivity index (χ3n) is 5.05. The lowest BCUT2D eigenvalue weighted by Gasteiger charge is -2.29. The zero-order valence-electron chi connectivity index (χ0n) is 16.8. The van der Waals surface area contributed by atoms with Crippen LogP contribution in [0.4, 0.5) is 5.69 Å². The Hall–Kier alpha value is -4.37. The summed E-state index contributed by atoms with van der Waals surface area (Å²) in [5, 5.41) is 12.3. The van der Waals surface area contributed by atoms with Gasteiger partial charge in [-0.3, -0.25) is 29.3 Å². The number of amides is 3. The first-order chi connectivity index (χ1) is 15.8. The summed E-state index contributed by atoms with van der Waals surface area (Å²) in [6, 6.07) is 16.9. The number of fused-ring (bicyclic) bond motifs is 1. The highest BCUT2D eigenvalue weighted by Gasteiger charge is 2.42. The lowest BCUT2D eigenvalue weighted by atomic mass is 10.1. The Morgan fingerprint density at radius 1 is 0.879 bits per heavy atom. The molecular formula is C23H14ClN3O6. The molecule has 3 aromatic carbocycles. The summed E-state index contributed by atoms with van der Waals surface area (Å²) in [6.45, 7) is -0.673. The van der Waals surface area contributed by atoms with Crippen LogP contribution in [-0.2, 0) is 0 Å². The van der Waals surface area contributed by atoms with Crippen LogP contribution >= 0.6 is 11.6 Å². The zero-order valence-corrected chi connectivity index (χ0v) is 17.6. The van der Waals surface area contributed by atoms with Crippen molar-refractivity contribution in [2.24, 2.45) is 0 Å². The van der Waals surface area contributed by atoms with E-state index in [0.717, 1.165) is 17.1 Å². The number of hydrogen-bond donors (Lipinski definition) is 0. The van der Waals surface area contributed by atoms with E-state index < -0.39 is 35.0 Å². The van der Waals surface area contributed by atoms with Crippen LogP contribution in [0.2, 0.25) is 5.02 Å². The summed E-state index contributed by atoms with van der Waals surface area (Å²) < 4.78 is 0. The Balaban J connectivity index is 1.72. The topological polar surface area (TPSA) is 118 Å². The molecule has 1 aliphatic rings. The molecule has 0 N–H and O–H groups in total. The van der Waals surface area contributed by atoms with Crippen LogP contribution in [0.3, 0.4) is 0 Å². The quantitative estimate of drug-likeness (QED) is 0.237. The SMILES string of the molecule is O=C(CN(C(=O)c1ccccc1Cl)N1C(=O)c2ccccc2C1=O)c1ccc([N+](=O)[O-])cc1. The number of halogens is 1. The molecule has 0 saturated heterocycles. The van der Waals surface area contributed by atoms with Crippen LogP contribution in [0.25, 0.3) is 0 Å². The lowest BCUT2D eigenvalue weighted by molar-refractivity contribution is -0.384. The van der Waals surface area contributed by atoms with Gasteiger partial charge in [-0.05, 0) is 36.4 Å². The number of hydrogen-bond acceptors (Lipinski definition) is 6. The largest absolute Gasteiger partial charge is 0.292 e. The number of ketones is 1. The molecule has 1 aliphatic heterocycles. The number of imide groups is 1. The van der Waals surface area contributed by atoms with Gasteiger partial charge in [0.05, 0.1) is 26.6 Å². The molecule has 0 aliphatic carbocycles. The van der Waals surface area contributed by atoms with E-state index in [1.807, 2.05) is 0 Å². The van der Waals surface area contributed by atoms with Crippen LogP contribution < -0.4 is 0 Å². The van der Waals surface area contributed by atoms with Gasteiger partial charge in [0.2, 0.25) is 0 Å². The second-order valence-electron chi connectivity index (χ2n) is 7.04. The minimum absolute atomic E-state index is 0.00720. The molecule has 164 valence electrons. The molecule has 0 spiro atoms. The Bertz CT molecular complexity index is 1290. The molecule has 4 rings (SSSR count). The van der Waals surface area contributed by atoms with E-state index >= 15 is 0 Å². The van der Waals surface area contributed by atoms with Crippen molar-refractivity contribution < 1.29 is 24.1 Å². The van der Waals surface area contributed by atoms with Crippen LogP contribution in [-0.4, -0.2) is 45.0 Å². The fourth-order valence-electron chi connectivity index (χ4n) is 3.40. The molecule has 0 saturated carbocycles. The Morgan fingerprint density at radius 3 is 1.97 bits per heavy atom. The zero-order chi connectivity index (χ0) is 23.7. The second kappa shape index (κ2) is 8.64. The minimum Gasteiger partial charge on any atom is -0.292 e. The summed E-state index contributed by atoms with van der Waals surface area (Å²) in [4.78, 5) is 62.6. The standard InChI is InChI=1S/C23H14ClN3O6/c24-19-8-4-3-7-18(19)21(29)25(13-20(28)14-9-11-15(12-10-14)27(32)33)26-22(30)16-5-1-2-6-17(16)23(26)31/h1-12H,13H2. The van der Waals surface area contributed by atoms with Crippen LogP contribution in [0, 0.1) is 10.1 Å². The number of rotatable bonds is 6. The summed E-state index contributed by atoms with van der Waals surface area (Å²) in [7, 11) is 0. The maximum absolute atomic E-state index is 13.4. The monoisotopic (exact) mass is 463 g/mol. The molecule has 0 bridgehead atoms. The van der Waals surface area contributed by atoms with Crippen molar-refractivity contribution in [2.45, 2.75) is 0 Å². The van der Waals surface area contributed by atoms with Gasteiger partial charge in [-0.25, -0.2) is 5.01 Å². The molecular weight excluding hydrogens is 450 g/mol. The highest BCUT2D eigenvalue weighted by molar-refractivity contribution is 6.34. The van der Waals surface area contributed by atoms with Crippen LogP contribution in [0.5, 0.6) is 0 Å². The van der Waals surface area contributed by atoms with Crippen molar-refractivity contribution in [1.29, 1.82) is 0 Å². The normalized spacial score (nSPS) is 12.5. The Labute approximate surface area is 191 Å². The molecule has 3 amide bonds. The van der Waals surface area contributed by atoms with E-state index in [9.17, 15) is 29.3 Å². The fraction of sp³-hybridized carbons (Fsp3) is 0.0435. The Morgan fingerprint density at radius 2 is 1.42 bits per heavy atom. The highest BCUT2D eigenvalue weighted by atomic mass is 35.5. The number of carbonyl (C=O) groups excluding carboxylic acids is 4. The second-order valence-corrected chi connectivity index (χ2v) is 7.44. The highest BCUT2D eigenvalue weighted by Crippen LogP contribution is 2.27. The van der Waals surface area contributed by atoms with Crippen LogP contribution in [0.15, 0.2) is 72.8 Å². The predicted octanol–water partition coefficient (Wildman–Crippen LogP) is 3.78. The van der Waals surface area contributed by atoms with E-state index in [-0.39, 0.29) is 33.0 Å². The smallest absolute Gasteiger partial charge is 0.280 e. The van der Waals surface area contributed by atoms with E-state index in [2.05, 4.69) is 0 Å². The van der Waals surface area contributed by atoms with Crippen molar-refractivity contribution in [3.05, 3.63) is 110 Å². The van der Waals surface area contributed by atoms with Gasteiger partial charge in [0.1, 0.15) is 6.54 Å². The molecule has 9 nitrogen and oxygen atoms in total. The molecule has 33 heavy (non-hydrogen) atoms. The molecule has 0 atom stereocenters. The van der Waals surface area contributed by atoms with Crippen molar-refractivity contribution in [1.82, 2.24) is 10.0 Å². The summed E-state index contributed by atoms with van der Waals surface area (Å²) in [6.07, 6.45) is 0. The van der Waals surface area contributed by atoms with Crippen LogP contribution in [0.1, 0.15) is 41.4 Å². The van der Waals surface area contributed by atoms with E-state index in [1.165, 1.54) is 36.4 Å². The molecule has 0 radical (unpaired) electrons. The van der Waals surface area contributed by atoms with Gasteiger partial charge >= 0.3 is 0 Å². The van der Waals surface area contributed by atoms with E-state index in [0.29, 0.717) is 5.01 Å². The van der Waals surface area contributed by atoms with Crippen molar-refractivity contribution in [3.63, 3.8) is 0 Å². The molecule has 3 aromatic rings. The number of benzene rings is 3. The number of hydrazine groups is 1. The maximum Gasteiger partial charge on any atom is 0.280 e. The molecule has 10 heteroatoms. The van der Waals surface area contributed by atoms with Crippen molar-refractivity contribution in [2.75, 3.05) is 6.54 Å². The third kappa shape index (κ3) is 3.97. The lowest BCUT2D eigenvalue weighted by Crippen LogP contribution is -2.51. The number of nitro benzene ring substituents is 1. The number of nitrogens with zero attached hydrogens (tertiary/aromatic N) is 3. The number of carbonyl (C=O) groups is 4. The first-order valence-corrected chi connectivity index (χ1v) is 9.99.